The summed E-state index contributed by atoms with van der Waals surface area (Å²) < 4.78 is 0. The molecule has 2 nitrogen and oxygen atoms in total. The van der Waals surface area contributed by atoms with Crippen LogP contribution in [-0.2, 0) is 6.42 Å². The van der Waals surface area contributed by atoms with Crippen molar-refractivity contribution in [3.63, 3.8) is 0 Å². The lowest BCUT2D eigenvalue weighted by Crippen LogP contribution is -2.18. The molecule has 1 amide bonds. The molecular weight excluding hydrogens is 162 g/mol. The molecule has 0 aliphatic heterocycles. The van der Waals surface area contributed by atoms with Gasteiger partial charge in [0, 0.05) is 12.6 Å². The van der Waals surface area contributed by atoms with E-state index in [-0.39, 0.29) is 5.91 Å². The molecule has 0 radical (unpaired) electrons. The van der Waals surface area contributed by atoms with Crippen LogP contribution >= 0.6 is 0 Å². The van der Waals surface area contributed by atoms with Crippen molar-refractivity contribution in [1.29, 1.82) is 0 Å². The van der Waals surface area contributed by atoms with Gasteiger partial charge in [-0.15, -0.1) is 0 Å². The van der Waals surface area contributed by atoms with E-state index in [1.165, 1.54) is 5.56 Å². The van der Waals surface area contributed by atoms with Crippen LogP contribution in [0.5, 0.6) is 0 Å². The van der Waals surface area contributed by atoms with E-state index in [9.17, 15) is 4.79 Å². The predicted octanol–water partition coefficient (Wildman–Crippen LogP) is 1.92. The molecule has 0 heterocycles. The maximum atomic E-state index is 11.3. The predicted molar refractivity (Wildman–Crippen MR) is 53.9 cm³/mol. The summed E-state index contributed by atoms with van der Waals surface area (Å²) in [5, 5.41) is 2.62. The average Bonchev–Trinajstić information content (AvgIpc) is 2.16. The van der Waals surface area contributed by atoms with Gasteiger partial charge in [0.2, 0.25) is 0 Å². The van der Waals surface area contributed by atoms with E-state index in [1.54, 1.807) is 7.05 Å². The largest absolute Gasteiger partial charge is 0.355 e. The van der Waals surface area contributed by atoms with Crippen LogP contribution in [0.1, 0.15) is 28.4 Å². The minimum absolute atomic E-state index is 0.0137. The smallest absolute Gasteiger partial charge is 0.251 e. The van der Waals surface area contributed by atoms with Crippen LogP contribution in [0, 0.1) is 6.92 Å². The molecule has 0 aliphatic carbocycles. The van der Waals surface area contributed by atoms with Crippen molar-refractivity contribution in [2.75, 3.05) is 7.05 Å². The summed E-state index contributed by atoms with van der Waals surface area (Å²) in [7, 11) is 1.65. The fourth-order valence-corrected chi connectivity index (χ4v) is 1.34. The summed E-state index contributed by atoms with van der Waals surface area (Å²) in [6.07, 6.45) is 1.01. The van der Waals surface area contributed by atoms with Crippen LogP contribution in [-0.4, -0.2) is 13.0 Å². The van der Waals surface area contributed by atoms with Gasteiger partial charge in [-0.05, 0) is 30.5 Å². The SMILES string of the molecule is CCc1ccc(C(=O)NC)c(C)c1. The minimum Gasteiger partial charge on any atom is -0.355 e. The molecule has 0 unspecified atom stereocenters. The Morgan fingerprint density at radius 2 is 2.15 bits per heavy atom. The number of rotatable bonds is 2. The van der Waals surface area contributed by atoms with Crippen LogP contribution in [0.4, 0.5) is 0 Å². The zero-order valence-corrected chi connectivity index (χ0v) is 8.35. The first kappa shape index (κ1) is 9.78. The lowest BCUT2D eigenvalue weighted by Gasteiger charge is -2.05. The van der Waals surface area contributed by atoms with Gasteiger partial charge in [-0.25, -0.2) is 0 Å². The molecule has 0 spiro atoms. The second-order valence-electron chi connectivity index (χ2n) is 3.08. The molecule has 1 rings (SSSR count). The van der Waals surface area contributed by atoms with Gasteiger partial charge in [-0.3, -0.25) is 4.79 Å². The molecule has 0 bridgehead atoms. The van der Waals surface area contributed by atoms with E-state index in [0.717, 1.165) is 17.5 Å². The third-order valence-electron chi connectivity index (χ3n) is 2.17. The van der Waals surface area contributed by atoms with Crippen molar-refractivity contribution in [3.05, 3.63) is 34.9 Å². The van der Waals surface area contributed by atoms with Crippen molar-refractivity contribution in [2.45, 2.75) is 20.3 Å². The molecule has 1 aromatic rings. The highest BCUT2D eigenvalue weighted by molar-refractivity contribution is 5.95. The number of carbonyl (C=O) groups excluding carboxylic acids is 1. The second-order valence-corrected chi connectivity index (χ2v) is 3.08. The van der Waals surface area contributed by atoms with E-state index in [2.05, 4.69) is 18.3 Å². The first-order valence-electron chi connectivity index (χ1n) is 4.50. The Labute approximate surface area is 79.0 Å². The Hall–Kier alpha value is -1.31. The molecule has 13 heavy (non-hydrogen) atoms. The summed E-state index contributed by atoms with van der Waals surface area (Å²) in [5.41, 5.74) is 3.07. The molecule has 1 aromatic carbocycles. The van der Waals surface area contributed by atoms with E-state index < -0.39 is 0 Å². The molecule has 0 saturated heterocycles. The summed E-state index contributed by atoms with van der Waals surface area (Å²) in [6.45, 7) is 4.07. The van der Waals surface area contributed by atoms with Gasteiger partial charge in [0.1, 0.15) is 0 Å². The fourth-order valence-electron chi connectivity index (χ4n) is 1.34. The summed E-state index contributed by atoms with van der Waals surface area (Å²) >= 11 is 0. The lowest BCUT2D eigenvalue weighted by molar-refractivity contribution is 0.0962. The number of amides is 1. The summed E-state index contributed by atoms with van der Waals surface area (Å²) in [4.78, 5) is 11.3. The molecular formula is C11H15NO. The minimum atomic E-state index is -0.0137. The normalized spacial score (nSPS) is 9.77. The van der Waals surface area contributed by atoms with Crippen LogP contribution in [0.2, 0.25) is 0 Å². The molecule has 0 aromatic heterocycles. The van der Waals surface area contributed by atoms with Crippen molar-refractivity contribution in [3.8, 4) is 0 Å². The van der Waals surface area contributed by atoms with Gasteiger partial charge in [-0.2, -0.15) is 0 Å². The van der Waals surface area contributed by atoms with E-state index >= 15 is 0 Å². The molecule has 0 atom stereocenters. The maximum Gasteiger partial charge on any atom is 0.251 e. The second kappa shape index (κ2) is 4.08. The summed E-state index contributed by atoms with van der Waals surface area (Å²) in [5.74, 6) is -0.0137. The standard InChI is InChI=1S/C11H15NO/c1-4-9-5-6-10(8(2)7-9)11(13)12-3/h5-7H,4H2,1-3H3,(H,12,13). The maximum absolute atomic E-state index is 11.3. The molecule has 0 aliphatic rings. The number of benzene rings is 1. The first-order valence-corrected chi connectivity index (χ1v) is 4.50. The first-order chi connectivity index (χ1) is 6.19. The molecule has 70 valence electrons. The van der Waals surface area contributed by atoms with Gasteiger partial charge in [-0.1, -0.05) is 19.1 Å². The van der Waals surface area contributed by atoms with Gasteiger partial charge >= 0.3 is 0 Å². The third kappa shape index (κ3) is 2.08. The monoisotopic (exact) mass is 177 g/mol. The number of hydrogen-bond acceptors (Lipinski definition) is 1. The molecule has 2 heteroatoms. The Kier molecular flexibility index (Phi) is 3.07. The van der Waals surface area contributed by atoms with Crippen LogP contribution in [0.3, 0.4) is 0 Å². The topological polar surface area (TPSA) is 29.1 Å². The quantitative estimate of drug-likeness (QED) is 0.734. The van der Waals surface area contributed by atoms with Crippen molar-refractivity contribution >= 4 is 5.91 Å². The number of carbonyl (C=O) groups is 1. The van der Waals surface area contributed by atoms with E-state index in [1.807, 2.05) is 19.1 Å². The molecule has 0 saturated carbocycles. The fraction of sp³-hybridized carbons (Fsp3) is 0.364. The van der Waals surface area contributed by atoms with Crippen LogP contribution in [0.15, 0.2) is 18.2 Å². The van der Waals surface area contributed by atoms with Crippen LogP contribution < -0.4 is 5.32 Å². The highest BCUT2D eigenvalue weighted by Gasteiger charge is 2.05. The van der Waals surface area contributed by atoms with Crippen molar-refractivity contribution < 1.29 is 4.79 Å². The Morgan fingerprint density at radius 3 is 2.62 bits per heavy atom. The van der Waals surface area contributed by atoms with E-state index in [4.69, 9.17) is 0 Å². The Bertz CT molecular complexity index is 318. The van der Waals surface area contributed by atoms with Crippen LogP contribution in [0.25, 0.3) is 0 Å². The average molecular weight is 177 g/mol. The third-order valence-corrected chi connectivity index (χ3v) is 2.17. The van der Waals surface area contributed by atoms with Crippen molar-refractivity contribution in [1.82, 2.24) is 5.32 Å². The van der Waals surface area contributed by atoms with Gasteiger partial charge in [0.05, 0.1) is 0 Å². The van der Waals surface area contributed by atoms with Gasteiger partial charge in [0.25, 0.3) is 5.91 Å². The van der Waals surface area contributed by atoms with Gasteiger partial charge in [0.15, 0.2) is 0 Å². The number of nitrogens with one attached hydrogen (secondary N) is 1. The zero-order chi connectivity index (χ0) is 9.84. The van der Waals surface area contributed by atoms with Crippen molar-refractivity contribution in [2.24, 2.45) is 0 Å². The summed E-state index contributed by atoms with van der Waals surface area (Å²) in [6, 6.07) is 5.94. The van der Waals surface area contributed by atoms with E-state index in [0.29, 0.717) is 0 Å². The highest BCUT2D eigenvalue weighted by Crippen LogP contribution is 2.11. The lowest BCUT2D eigenvalue weighted by atomic mass is 10.0. The zero-order valence-electron chi connectivity index (χ0n) is 8.35. The Morgan fingerprint density at radius 1 is 1.46 bits per heavy atom. The number of aryl methyl sites for hydroxylation is 2. The molecule has 0 fully saturated rings. The van der Waals surface area contributed by atoms with Gasteiger partial charge < -0.3 is 5.32 Å². The highest BCUT2D eigenvalue weighted by atomic mass is 16.1. The Balaban J connectivity index is 3.05. The molecule has 1 N–H and O–H groups in total. The number of hydrogen-bond donors (Lipinski definition) is 1.